The molecule has 0 aromatic rings. The van der Waals surface area contributed by atoms with E-state index in [0.717, 1.165) is 5.57 Å². The second-order valence-electron chi connectivity index (χ2n) is 2.99. The topological polar surface area (TPSA) is 41.6 Å². The Morgan fingerprint density at radius 2 is 2.27 bits per heavy atom. The van der Waals surface area contributed by atoms with Crippen molar-refractivity contribution in [1.29, 1.82) is 0 Å². The van der Waals surface area contributed by atoms with Gasteiger partial charge in [-0.05, 0) is 20.8 Å². The smallest absolute Gasteiger partial charge is 0.0996 e. The maximum absolute atomic E-state index is 5.55. The third kappa shape index (κ3) is 7.06. The molecule has 3 heteroatoms. The van der Waals surface area contributed by atoms with Crippen molar-refractivity contribution in [3.8, 4) is 0 Å². The van der Waals surface area contributed by atoms with Crippen molar-refractivity contribution in [2.45, 2.75) is 26.8 Å². The third-order valence-corrected chi connectivity index (χ3v) is 0.966. The number of hydrogen-bond donors (Lipinski definition) is 1. The maximum atomic E-state index is 5.55. The Bertz CT molecular complexity index is 149. The lowest BCUT2D eigenvalue weighted by Gasteiger charge is -2.12. The van der Waals surface area contributed by atoms with E-state index in [9.17, 15) is 0 Å². The van der Waals surface area contributed by atoms with Gasteiger partial charge in [0.05, 0.1) is 12.9 Å². The average molecular weight is 155 g/mol. The monoisotopic (exact) mass is 155 g/mol. The predicted octanol–water partition coefficient (Wildman–Crippen LogP) is 1.17. The zero-order chi connectivity index (χ0) is 8.85. The fourth-order valence-electron chi connectivity index (χ4n) is 0.571. The number of nitrogens with zero attached hydrogens (tertiary/aromatic N) is 2. The summed E-state index contributed by atoms with van der Waals surface area (Å²) < 4.78 is 0. The first kappa shape index (κ1) is 10.2. The highest BCUT2D eigenvalue weighted by Crippen LogP contribution is 1.88. The van der Waals surface area contributed by atoms with Gasteiger partial charge in [-0.15, -0.1) is 0 Å². The molecule has 0 radical (unpaired) electrons. The number of hydrazine groups is 1. The largest absolute Gasteiger partial charge is 0.297 e. The summed E-state index contributed by atoms with van der Waals surface area (Å²) in [5, 5.41) is 1.53. The van der Waals surface area contributed by atoms with Crippen molar-refractivity contribution in [2.24, 2.45) is 10.8 Å². The van der Waals surface area contributed by atoms with Crippen molar-refractivity contribution < 1.29 is 0 Å². The Morgan fingerprint density at radius 3 is 2.64 bits per heavy atom. The molecule has 0 aliphatic heterocycles. The highest BCUT2D eigenvalue weighted by atomic mass is 15.4. The molecule has 0 aliphatic rings. The molecule has 0 aromatic heterocycles. The van der Waals surface area contributed by atoms with Crippen LogP contribution in [-0.4, -0.2) is 23.9 Å². The molecular weight excluding hydrogens is 138 g/mol. The van der Waals surface area contributed by atoms with Gasteiger partial charge in [0, 0.05) is 6.04 Å². The maximum Gasteiger partial charge on any atom is 0.0996 e. The van der Waals surface area contributed by atoms with Crippen LogP contribution in [0.25, 0.3) is 0 Å². The lowest BCUT2D eigenvalue weighted by atomic mass is 10.3. The standard InChI is InChI=1S/C8H17N3/c1-7(2)5-11(9)6-10-8(3)4/h6,8H,1,5,9H2,2-4H3. The summed E-state index contributed by atoms with van der Waals surface area (Å²) in [6, 6.07) is 0.297. The minimum absolute atomic E-state index is 0.297. The molecule has 0 fully saturated rings. The SMILES string of the molecule is C=C(C)CN(N)C=NC(C)C. The highest BCUT2D eigenvalue weighted by molar-refractivity contribution is 5.54. The average Bonchev–Trinajstić information content (AvgIpc) is 1.82. The van der Waals surface area contributed by atoms with Crippen LogP contribution in [0.4, 0.5) is 0 Å². The fraction of sp³-hybridized carbons (Fsp3) is 0.625. The first-order chi connectivity index (χ1) is 5.02. The molecule has 0 bridgehead atoms. The van der Waals surface area contributed by atoms with E-state index in [0.29, 0.717) is 12.6 Å². The zero-order valence-corrected chi connectivity index (χ0v) is 7.54. The van der Waals surface area contributed by atoms with Crippen LogP contribution in [-0.2, 0) is 0 Å². The lowest BCUT2D eigenvalue weighted by Crippen LogP contribution is -2.31. The summed E-state index contributed by atoms with van der Waals surface area (Å²) in [7, 11) is 0. The van der Waals surface area contributed by atoms with E-state index in [2.05, 4.69) is 11.6 Å². The number of hydrogen-bond acceptors (Lipinski definition) is 2. The van der Waals surface area contributed by atoms with Gasteiger partial charge in [0.25, 0.3) is 0 Å². The van der Waals surface area contributed by atoms with Crippen LogP contribution in [0, 0.1) is 0 Å². The van der Waals surface area contributed by atoms with Crippen LogP contribution in [0.2, 0.25) is 0 Å². The second kappa shape index (κ2) is 4.91. The minimum Gasteiger partial charge on any atom is -0.297 e. The van der Waals surface area contributed by atoms with E-state index in [-0.39, 0.29) is 0 Å². The van der Waals surface area contributed by atoms with Crippen LogP contribution < -0.4 is 5.84 Å². The molecule has 0 amide bonds. The predicted molar refractivity (Wildman–Crippen MR) is 49.3 cm³/mol. The molecule has 11 heavy (non-hydrogen) atoms. The molecular formula is C8H17N3. The van der Waals surface area contributed by atoms with E-state index in [4.69, 9.17) is 5.84 Å². The molecule has 0 heterocycles. The van der Waals surface area contributed by atoms with Crippen LogP contribution in [0.3, 0.4) is 0 Å². The van der Waals surface area contributed by atoms with Gasteiger partial charge in [-0.2, -0.15) is 0 Å². The molecule has 0 unspecified atom stereocenters. The quantitative estimate of drug-likeness (QED) is 0.218. The van der Waals surface area contributed by atoms with Crippen LogP contribution >= 0.6 is 0 Å². The van der Waals surface area contributed by atoms with Crippen LogP contribution in [0.15, 0.2) is 17.1 Å². The van der Waals surface area contributed by atoms with Gasteiger partial charge >= 0.3 is 0 Å². The van der Waals surface area contributed by atoms with Gasteiger partial charge in [-0.1, -0.05) is 12.2 Å². The molecule has 3 nitrogen and oxygen atoms in total. The first-order valence-electron chi connectivity index (χ1n) is 3.71. The summed E-state index contributed by atoms with van der Waals surface area (Å²) in [6.07, 6.45) is 1.64. The molecule has 0 saturated carbocycles. The fourth-order valence-corrected chi connectivity index (χ4v) is 0.571. The summed E-state index contributed by atoms with van der Waals surface area (Å²) in [5.41, 5.74) is 1.03. The van der Waals surface area contributed by atoms with E-state index < -0.39 is 0 Å². The molecule has 0 rings (SSSR count). The Hall–Kier alpha value is -0.830. The molecule has 0 atom stereocenters. The summed E-state index contributed by atoms with van der Waals surface area (Å²) in [5.74, 6) is 5.55. The molecule has 0 saturated heterocycles. The van der Waals surface area contributed by atoms with Crippen molar-refractivity contribution >= 4 is 6.34 Å². The number of aliphatic imine (C=N–C) groups is 1. The van der Waals surface area contributed by atoms with E-state index in [1.165, 1.54) is 5.01 Å². The van der Waals surface area contributed by atoms with Crippen LogP contribution in [0.5, 0.6) is 0 Å². The van der Waals surface area contributed by atoms with Gasteiger partial charge in [0.2, 0.25) is 0 Å². The van der Waals surface area contributed by atoms with Crippen molar-refractivity contribution in [2.75, 3.05) is 6.54 Å². The Kier molecular flexibility index (Phi) is 4.54. The van der Waals surface area contributed by atoms with Crippen LogP contribution in [0.1, 0.15) is 20.8 Å². The molecule has 0 spiro atoms. The van der Waals surface area contributed by atoms with Gasteiger partial charge < -0.3 is 0 Å². The van der Waals surface area contributed by atoms with E-state index in [1.807, 2.05) is 20.8 Å². The van der Waals surface area contributed by atoms with Gasteiger partial charge in [0.15, 0.2) is 0 Å². The Balaban J connectivity index is 3.68. The zero-order valence-electron chi connectivity index (χ0n) is 7.54. The third-order valence-electron chi connectivity index (χ3n) is 0.966. The Labute approximate surface area is 68.6 Å². The van der Waals surface area contributed by atoms with Gasteiger partial charge in [0.1, 0.15) is 0 Å². The van der Waals surface area contributed by atoms with Crippen molar-refractivity contribution in [1.82, 2.24) is 5.01 Å². The van der Waals surface area contributed by atoms with Gasteiger partial charge in [-0.3, -0.25) is 10.0 Å². The highest BCUT2D eigenvalue weighted by Gasteiger charge is 1.92. The molecule has 2 N–H and O–H groups in total. The normalized spacial score (nSPS) is 11.0. The summed E-state index contributed by atoms with van der Waals surface area (Å²) in [4.78, 5) is 4.11. The lowest BCUT2D eigenvalue weighted by molar-refractivity contribution is 0.488. The number of nitrogens with two attached hydrogens (primary N) is 1. The molecule has 0 aromatic carbocycles. The summed E-state index contributed by atoms with van der Waals surface area (Å²) in [6.45, 7) is 10.3. The van der Waals surface area contributed by atoms with Crippen molar-refractivity contribution in [3.05, 3.63) is 12.2 Å². The van der Waals surface area contributed by atoms with Gasteiger partial charge in [-0.25, -0.2) is 5.84 Å². The molecule has 64 valence electrons. The Morgan fingerprint density at radius 1 is 1.73 bits per heavy atom. The minimum atomic E-state index is 0.297. The van der Waals surface area contributed by atoms with Crippen molar-refractivity contribution in [3.63, 3.8) is 0 Å². The van der Waals surface area contributed by atoms with E-state index in [1.54, 1.807) is 6.34 Å². The molecule has 0 aliphatic carbocycles. The van der Waals surface area contributed by atoms with E-state index >= 15 is 0 Å². The number of rotatable bonds is 4. The second-order valence-corrected chi connectivity index (χ2v) is 2.99. The summed E-state index contributed by atoms with van der Waals surface area (Å²) >= 11 is 0. The first-order valence-corrected chi connectivity index (χ1v) is 3.71.